The number of hydrogen-bond donors (Lipinski definition) is 1. The number of nitrogens with zero attached hydrogens (tertiary/aromatic N) is 3. The van der Waals surface area contributed by atoms with Crippen molar-refractivity contribution < 1.29 is 14.8 Å². The van der Waals surface area contributed by atoms with Crippen molar-refractivity contribution in [1.29, 1.82) is 0 Å². The Morgan fingerprint density at radius 3 is 2.79 bits per heavy atom. The molecule has 2 aromatic rings. The summed E-state index contributed by atoms with van der Waals surface area (Å²) in [6.07, 6.45) is 1.13. The highest BCUT2D eigenvalue weighted by Crippen LogP contribution is 2.47. The number of hydrogen-bond acceptors (Lipinski definition) is 5. The second-order valence-electron chi connectivity index (χ2n) is 7.95. The summed E-state index contributed by atoms with van der Waals surface area (Å²) in [5.74, 6) is -1.35. The minimum Gasteiger partial charge on any atom is -0.481 e. The summed E-state index contributed by atoms with van der Waals surface area (Å²) in [5, 5.41) is 21.1. The van der Waals surface area contributed by atoms with Gasteiger partial charge in [0.25, 0.3) is 11.2 Å². The Morgan fingerprint density at radius 2 is 2.04 bits per heavy atom. The quantitative estimate of drug-likeness (QED) is 0.630. The van der Waals surface area contributed by atoms with Gasteiger partial charge < -0.3 is 14.6 Å². The molecule has 0 aliphatic carbocycles. The van der Waals surface area contributed by atoms with Gasteiger partial charge in [0.2, 0.25) is 0 Å². The van der Waals surface area contributed by atoms with Crippen LogP contribution >= 0.6 is 0 Å². The zero-order chi connectivity index (χ0) is 19.6. The molecule has 4 heterocycles. The number of aliphatic carboxylic acids is 1. The van der Waals surface area contributed by atoms with E-state index in [4.69, 9.17) is 0 Å². The molecule has 28 heavy (non-hydrogen) atoms. The van der Waals surface area contributed by atoms with E-state index in [9.17, 15) is 24.8 Å². The van der Waals surface area contributed by atoms with Gasteiger partial charge in [-0.2, -0.15) is 0 Å². The van der Waals surface area contributed by atoms with Gasteiger partial charge in [0, 0.05) is 54.6 Å². The van der Waals surface area contributed by atoms with Gasteiger partial charge in [0.05, 0.1) is 10.8 Å². The monoisotopic (exact) mass is 381 g/mol. The van der Waals surface area contributed by atoms with E-state index < -0.39 is 16.8 Å². The van der Waals surface area contributed by atoms with E-state index in [0.29, 0.717) is 18.7 Å². The zero-order valence-electron chi connectivity index (χ0n) is 15.0. The van der Waals surface area contributed by atoms with Gasteiger partial charge in [-0.05, 0) is 36.5 Å². The number of carboxylic acid groups (broad SMARTS) is 1. The lowest BCUT2D eigenvalue weighted by Gasteiger charge is -2.53. The molecule has 3 unspecified atom stereocenters. The molecular formula is C20H19N3O5. The van der Waals surface area contributed by atoms with Crippen LogP contribution in [0.15, 0.2) is 41.2 Å². The number of non-ortho nitro benzene ring substituents is 1. The largest absolute Gasteiger partial charge is 0.481 e. The van der Waals surface area contributed by atoms with E-state index in [1.807, 2.05) is 6.07 Å². The third-order valence-corrected chi connectivity index (χ3v) is 6.52. The number of fused-ring (bicyclic) bond motifs is 8. The Balaban J connectivity index is 1.64. The van der Waals surface area contributed by atoms with Crippen molar-refractivity contribution in [3.63, 3.8) is 0 Å². The lowest BCUT2D eigenvalue weighted by Crippen LogP contribution is -2.60. The summed E-state index contributed by atoms with van der Waals surface area (Å²) in [6.45, 7) is 1.12. The van der Waals surface area contributed by atoms with Gasteiger partial charge in [0.15, 0.2) is 0 Å². The number of nitro benzene ring substituents is 1. The van der Waals surface area contributed by atoms with E-state index in [-0.39, 0.29) is 35.5 Å². The molecule has 1 N–H and O–H groups in total. The summed E-state index contributed by atoms with van der Waals surface area (Å²) in [7, 11) is 0. The molecule has 144 valence electrons. The van der Waals surface area contributed by atoms with E-state index in [2.05, 4.69) is 4.90 Å². The summed E-state index contributed by atoms with van der Waals surface area (Å²) in [4.78, 5) is 37.3. The number of carboxylic acids is 1. The second kappa shape index (κ2) is 5.92. The van der Waals surface area contributed by atoms with Crippen molar-refractivity contribution in [3.05, 3.63) is 68.1 Å². The van der Waals surface area contributed by atoms with E-state index in [0.717, 1.165) is 17.8 Å². The molecule has 0 saturated carbocycles. The maximum atomic E-state index is 12.3. The van der Waals surface area contributed by atoms with Crippen LogP contribution in [0.25, 0.3) is 0 Å². The minimum absolute atomic E-state index is 0.0181. The molecule has 1 aromatic carbocycles. The molecule has 0 amide bonds. The summed E-state index contributed by atoms with van der Waals surface area (Å²) < 4.78 is 1.79. The van der Waals surface area contributed by atoms with Crippen molar-refractivity contribution in [2.45, 2.75) is 31.3 Å². The highest BCUT2D eigenvalue weighted by Gasteiger charge is 2.49. The van der Waals surface area contributed by atoms with Gasteiger partial charge in [-0.3, -0.25) is 19.7 Å². The number of benzene rings is 1. The molecule has 3 aliphatic heterocycles. The number of carbonyl (C=O) groups is 1. The molecule has 4 atom stereocenters. The first-order valence-electron chi connectivity index (χ1n) is 9.40. The van der Waals surface area contributed by atoms with E-state index in [1.54, 1.807) is 22.8 Å². The lowest BCUT2D eigenvalue weighted by atomic mass is 9.70. The Morgan fingerprint density at radius 1 is 1.21 bits per heavy atom. The molecule has 1 saturated heterocycles. The minimum atomic E-state index is -0.892. The predicted octanol–water partition coefficient (Wildman–Crippen LogP) is 2.01. The topological polar surface area (TPSA) is 106 Å². The highest BCUT2D eigenvalue weighted by molar-refractivity contribution is 5.76. The number of pyridine rings is 1. The second-order valence-corrected chi connectivity index (χ2v) is 7.95. The molecule has 0 spiro atoms. The maximum Gasteiger partial charge on any atom is 0.308 e. The van der Waals surface area contributed by atoms with Crippen molar-refractivity contribution in [1.82, 2.24) is 4.57 Å². The van der Waals surface area contributed by atoms with E-state index >= 15 is 0 Å². The van der Waals surface area contributed by atoms with Crippen LogP contribution < -0.4 is 10.5 Å². The first-order chi connectivity index (χ1) is 13.4. The SMILES string of the molecule is O=C(O)[C@@H]1Cc2cc([N+](=O)[O-])ccc2N2CC3CC(Cn4c3cccc4=O)C12. The summed E-state index contributed by atoms with van der Waals surface area (Å²) in [5.41, 5.74) is 2.52. The molecule has 1 fully saturated rings. The van der Waals surface area contributed by atoms with Crippen molar-refractivity contribution in [2.75, 3.05) is 11.4 Å². The van der Waals surface area contributed by atoms with Crippen molar-refractivity contribution in [2.24, 2.45) is 11.8 Å². The fourth-order valence-electron chi connectivity index (χ4n) is 5.44. The van der Waals surface area contributed by atoms with Crippen LogP contribution in [-0.4, -0.2) is 33.2 Å². The fourth-order valence-corrected chi connectivity index (χ4v) is 5.44. The van der Waals surface area contributed by atoms with Gasteiger partial charge in [-0.1, -0.05) is 6.07 Å². The smallest absolute Gasteiger partial charge is 0.308 e. The summed E-state index contributed by atoms with van der Waals surface area (Å²) in [6, 6.07) is 9.81. The molecule has 3 aliphatic rings. The number of piperidine rings is 1. The predicted molar refractivity (Wildman–Crippen MR) is 101 cm³/mol. The summed E-state index contributed by atoms with van der Waals surface area (Å²) >= 11 is 0. The molecule has 0 radical (unpaired) electrons. The van der Waals surface area contributed by atoms with Crippen LogP contribution in [0.4, 0.5) is 11.4 Å². The van der Waals surface area contributed by atoms with Crippen LogP contribution in [0.2, 0.25) is 0 Å². The third kappa shape index (κ3) is 2.37. The Labute approximate surface area is 160 Å². The number of nitro groups is 1. The maximum absolute atomic E-state index is 12.3. The van der Waals surface area contributed by atoms with Gasteiger partial charge in [0.1, 0.15) is 0 Å². The van der Waals surface area contributed by atoms with E-state index in [1.165, 1.54) is 12.1 Å². The molecular weight excluding hydrogens is 362 g/mol. The van der Waals surface area contributed by atoms with Crippen molar-refractivity contribution in [3.8, 4) is 0 Å². The highest BCUT2D eigenvalue weighted by atomic mass is 16.6. The number of aromatic nitrogens is 1. The van der Waals surface area contributed by atoms with Crippen LogP contribution in [0.5, 0.6) is 0 Å². The number of anilines is 1. The third-order valence-electron chi connectivity index (χ3n) is 6.52. The van der Waals surface area contributed by atoms with Crippen LogP contribution in [-0.2, 0) is 17.8 Å². The van der Waals surface area contributed by atoms with Gasteiger partial charge in [-0.25, -0.2) is 0 Å². The Bertz CT molecular complexity index is 1060. The molecule has 8 nitrogen and oxygen atoms in total. The average Bonchev–Trinajstić information content (AvgIpc) is 2.67. The van der Waals surface area contributed by atoms with Crippen LogP contribution in [0.3, 0.4) is 0 Å². The first-order valence-corrected chi connectivity index (χ1v) is 9.40. The van der Waals surface area contributed by atoms with Gasteiger partial charge >= 0.3 is 5.97 Å². The van der Waals surface area contributed by atoms with Crippen LogP contribution in [0, 0.1) is 22.0 Å². The standard InChI is InChI=1S/C20H19N3O5/c24-18-3-1-2-16-12-6-13(10-21(16)18)19-15(20(25)26)8-11-7-14(23(27)28)4-5-17(11)22(19)9-12/h1-5,7,12-13,15,19H,6,8-10H2,(H,25,26)/t12?,13?,15-,19?/m1/s1. The normalized spacial score (nSPS) is 27.4. The van der Waals surface area contributed by atoms with Gasteiger partial charge in [-0.15, -0.1) is 0 Å². The lowest BCUT2D eigenvalue weighted by molar-refractivity contribution is -0.384. The molecule has 8 heteroatoms. The fraction of sp³-hybridized carbons (Fsp3) is 0.400. The zero-order valence-corrected chi connectivity index (χ0v) is 15.0. The number of rotatable bonds is 2. The Kier molecular flexibility index (Phi) is 3.59. The Hall–Kier alpha value is -3.16. The average molecular weight is 381 g/mol. The molecule has 2 bridgehead atoms. The first kappa shape index (κ1) is 17.0. The molecule has 5 rings (SSSR count). The van der Waals surface area contributed by atoms with Crippen molar-refractivity contribution >= 4 is 17.3 Å². The van der Waals surface area contributed by atoms with Crippen LogP contribution in [0.1, 0.15) is 23.6 Å². The molecule has 1 aromatic heterocycles.